The average molecular weight is 381 g/mol. The van der Waals surface area contributed by atoms with Crippen molar-refractivity contribution in [1.29, 1.82) is 0 Å². The van der Waals surface area contributed by atoms with Gasteiger partial charge in [0, 0.05) is 30.2 Å². The Morgan fingerprint density at radius 3 is 2.23 bits per heavy atom. The van der Waals surface area contributed by atoms with Crippen LogP contribution in [0.1, 0.15) is 41.0 Å². The minimum Gasteiger partial charge on any atom is -0.339 e. The van der Waals surface area contributed by atoms with Crippen molar-refractivity contribution in [3.05, 3.63) is 24.3 Å². The number of hydrogen-bond acceptors (Lipinski definition) is 4. The van der Waals surface area contributed by atoms with Gasteiger partial charge >= 0.3 is 0 Å². The van der Waals surface area contributed by atoms with E-state index in [1.807, 2.05) is 13.8 Å². The fourth-order valence-electron chi connectivity index (χ4n) is 2.83. The first-order valence-electron chi connectivity index (χ1n) is 8.63. The number of carbonyl (C=O) groups excluding carboxylic acids is 2. The minimum absolute atomic E-state index is 0.0187. The van der Waals surface area contributed by atoms with Gasteiger partial charge in [-0.1, -0.05) is 0 Å². The Labute approximate surface area is 155 Å². The normalized spacial score (nSPS) is 18.5. The average Bonchev–Trinajstić information content (AvgIpc) is 2.87. The first-order valence-corrected chi connectivity index (χ1v) is 10.1. The van der Waals surface area contributed by atoms with Gasteiger partial charge in [-0.05, 0) is 58.9 Å². The van der Waals surface area contributed by atoms with E-state index in [-0.39, 0.29) is 29.2 Å². The zero-order valence-electron chi connectivity index (χ0n) is 15.9. The molecule has 1 atom stereocenters. The van der Waals surface area contributed by atoms with E-state index < -0.39 is 21.5 Å². The quantitative estimate of drug-likeness (QED) is 0.815. The highest BCUT2D eigenvalue weighted by molar-refractivity contribution is 7.89. The molecular formula is C18H27N3O4S. The summed E-state index contributed by atoms with van der Waals surface area (Å²) in [6.45, 7) is 9.55. The second-order valence-corrected chi connectivity index (χ2v) is 9.59. The summed E-state index contributed by atoms with van der Waals surface area (Å²) in [5.74, 6) is -0.643. The SMILES string of the molecule is CC(C)N1C[C@@H](C(=O)Nc2ccc(S(=O)(=O)NC(C)(C)C)cc2)CC1=O. The molecular weight excluding hydrogens is 354 g/mol. The molecule has 8 heteroatoms. The fourth-order valence-corrected chi connectivity index (χ4v) is 4.25. The molecule has 0 unspecified atom stereocenters. The number of anilines is 1. The van der Waals surface area contributed by atoms with Gasteiger partial charge in [-0.15, -0.1) is 0 Å². The fraction of sp³-hybridized carbons (Fsp3) is 0.556. The van der Waals surface area contributed by atoms with Crippen molar-refractivity contribution in [3.63, 3.8) is 0 Å². The Bertz CT molecular complexity index is 780. The zero-order chi connectivity index (χ0) is 19.7. The maximum Gasteiger partial charge on any atom is 0.241 e. The summed E-state index contributed by atoms with van der Waals surface area (Å²) in [6.07, 6.45) is 0.200. The summed E-state index contributed by atoms with van der Waals surface area (Å²) in [4.78, 5) is 26.1. The molecule has 0 aliphatic carbocycles. The second kappa shape index (κ2) is 7.36. The van der Waals surface area contributed by atoms with E-state index in [4.69, 9.17) is 0 Å². The smallest absolute Gasteiger partial charge is 0.241 e. The predicted molar refractivity (Wildman–Crippen MR) is 100 cm³/mol. The number of nitrogens with zero attached hydrogens (tertiary/aromatic N) is 1. The number of nitrogens with one attached hydrogen (secondary N) is 2. The summed E-state index contributed by atoms with van der Waals surface area (Å²) >= 11 is 0. The van der Waals surface area contributed by atoms with Gasteiger partial charge in [-0.25, -0.2) is 13.1 Å². The van der Waals surface area contributed by atoms with Gasteiger partial charge < -0.3 is 10.2 Å². The van der Waals surface area contributed by atoms with Crippen LogP contribution < -0.4 is 10.0 Å². The van der Waals surface area contributed by atoms with Crippen molar-refractivity contribution >= 4 is 27.5 Å². The highest BCUT2D eigenvalue weighted by atomic mass is 32.2. The van der Waals surface area contributed by atoms with E-state index in [0.29, 0.717) is 12.2 Å². The molecule has 2 N–H and O–H groups in total. The van der Waals surface area contributed by atoms with Crippen LogP contribution in [0.2, 0.25) is 0 Å². The van der Waals surface area contributed by atoms with Crippen LogP contribution >= 0.6 is 0 Å². The number of carbonyl (C=O) groups is 2. The van der Waals surface area contributed by atoms with Crippen LogP contribution in [0.4, 0.5) is 5.69 Å². The molecule has 144 valence electrons. The summed E-state index contributed by atoms with van der Waals surface area (Å²) in [7, 11) is -3.62. The van der Waals surface area contributed by atoms with E-state index in [2.05, 4.69) is 10.0 Å². The third-order valence-corrected chi connectivity index (χ3v) is 5.80. The first kappa shape index (κ1) is 20.4. The molecule has 0 bridgehead atoms. The minimum atomic E-state index is -3.62. The van der Waals surface area contributed by atoms with E-state index >= 15 is 0 Å². The van der Waals surface area contributed by atoms with Gasteiger partial charge in [0.15, 0.2) is 0 Å². The summed E-state index contributed by atoms with van der Waals surface area (Å²) in [5.41, 5.74) is -0.0802. The van der Waals surface area contributed by atoms with Gasteiger partial charge in [0.1, 0.15) is 0 Å². The standard InChI is InChI=1S/C18H27N3O4S/c1-12(2)21-11-13(10-16(21)22)17(23)19-14-6-8-15(9-7-14)26(24,25)20-18(3,4)5/h6-9,12-13,20H,10-11H2,1-5H3,(H,19,23)/t13-/m0/s1. The lowest BCUT2D eigenvalue weighted by atomic mass is 10.1. The molecule has 1 fully saturated rings. The van der Waals surface area contributed by atoms with Crippen LogP contribution in [0.3, 0.4) is 0 Å². The van der Waals surface area contributed by atoms with Gasteiger partial charge in [-0.2, -0.15) is 0 Å². The van der Waals surface area contributed by atoms with Crippen LogP contribution in [-0.4, -0.2) is 43.3 Å². The number of benzene rings is 1. The van der Waals surface area contributed by atoms with Crippen LogP contribution in [0, 0.1) is 5.92 Å². The summed E-state index contributed by atoms with van der Waals surface area (Å²) < 4.78 is 27.1. The van der Waals surface area contributed by atoms with Crippen molar-refractivity contribution in [1.82, 2.24) is 9.62 Å². The maximum atomic E-state index is 12.4. The Kier molecular flexibility index (Phi) is 5.77. The molecule has 0 saturated carbocycles. The number of likely N-dealkylation sites (tertiary alicyclic amines) is 1. The van der Waals surface area contributed by atoms with Crippen molar-refractivity contribution in [2.75, 3.05) is 11.9 Å². The third-order valence-electron chi connectivity index (χ3n) is 4.03. The van der Waals surface area contributed by atoms with E-state index in [1.54, 1.807) is 37.8 Å². The summed E-state index contributed by atoms with van der Waals surface area (Å²) in [6, 6.07) is 6.06. The number of hydrogen-bond donors (Lipinski definition) is 2. The van der Waals surface area contributed by atoms with Crippen LogP contribution in [0.25, 0.3) is 0 Å². The lowest BCUT2D eigenvalue weighted by Gasteiger charge is -2.21. The van der Waals surface area contributed by atoms with Crippen molar-refractivity contribution in [2.45, 2.75) is 57.5 Å². The predicted octanol–water partition coefficient (Wildman–Crippen LogP) is 1.96. The highest BCUT2D eigenvalue weighted by Gasteiger charge is 2.35. The van der Waals surface area contributed by atoms with Crippen molar-refractivity contribution in [2.24, 2.45) is 5.92 Å². The lowest BCUT2D eigenvalue weighted by molar-refractivity contribution is -0.129. The molecule has 0 radical (unpaired) electrons. The first-order chi connectivity index (χ1) is 11.9. The number of sulfonamides is 1. The Morgan fingerprint density at radius 1 is 1.19 bits per heavy atom. The van der Waals surface area contributed by atoms with E-state index in [0.717, 1.165) is 0 Å². The largest absolute Gasteiger partial charge is 0.339 e. The maximum absolute atomic E-state index is 12.4. The van der Waals surface area contributed by atoms with Crippen molar-refractivity contribution in [3.8, 4) is 0 Å². The molecule has 1 aliphatic heterocycles. The third kappa shape index (κ3) is 5.04. The molecule has 1 heterocycles. The molecule has 1 aromatic carbocycles. The highest BCUT2D eigenvalue weighted by Crippen LogP contribution is 2.22. The zero-order valence-corrected chi connectivity index (χ0v) is 16.7. The monoisotopic (exact) mass is 381 g/mol. The van der Waals surface area contributed by atoms with Gasteiger partial charge in [0.2, 0.25) is 21.8 Å². The molecule has 26 heavy (non-hydrogen) atoms. The van der Waals surface area contributed by atoms with Gasteiger partial charge in [-0.3, -0.25) is 9.59 Å². The molecule has 0 aromatic heterocycles. The molecule has 2 amide bonds. The topological polar surface area (TPSA) is 95.6 Å². The van der Waals surface area contributed by atoms with Crippen LogP contribution in [0.15, 0.2) is 29.2 Å². The summed E-state index contributed by atoms with van der Waals surface area (Å²) in [5, 5.41) is 2.76. The molecule has 2 rings (SSSR count). The molecule has 1 aromatic rings. The van der Waals surface area contributed by atoms with Gasteiger partial charge in [0.25, 0.3) is 0 Å². The van der Waals surface area contributed by atoms with E-state index in [1.165, 1.54) is 12.1 Å². The van der Waals surface area contributed by atoms with Crippen molar-refractivity contribution < 1.29 is 18.0 Å². The Balaban J connectivity index is 2.04. The van der Waals surface area contributed by atoms with E-state index in [9.17, 15) is 18.0 Å². The van der Waals surface area contributed by atoms with Gasteiger partial charge in [0.05, 0.1) is 10.8 Å². The molecule has 7 nitrogen and oxygen atoms in total. The number of amides is 2. The van der Waals surface area contributed by atoms with Crippen LogP contribution in [0.5, 0.6) is 0 Å². The lowest BCUT2D eigenvalue weighted by Crippen LogP contribution is -2.40. The number of rotatable bonds is 5. The molecule has 1 aliphatic rings. The van der Waals surface area contributed by atoms with Crippen LogP contribution in [-0.2, 0) is 19.6 Å². The molecule has 1 saturated heterocycles. The second-order valence-electron chi connectivity index (χ2n) is 7.91. The molecule has 0 spiro atoms. The Hall–Kier alpha value is -1.93. The Morgan fingerprint density at radius 2 is 1.77 bits per heavy atom.